The number of likely N-dealkylation sites (tertiary alicyclic amines) is 1. The number of rotatable bonds is 3. The normalized spacial score (nSPS) is 26.9. The van der Waals surface area contributed by atoms with Crippen molar-refractivity contribution in [1.29, 1.82) is 0 Å². The molecule has 0 aliphatic carbocycles. The Balaban J connectivity index is 1.65. The summed E-state index contributed by atoms with van der Waals surface area (Å²) in [5, 5.41) is 6.69. The number of carbonyl (C=O) groups is 1. The van der Waals surface area contributed by atoms with Crippen LogP contribution >= 0.6 is 0 Å². The fourth-order valence-electron chi connectivity index (χ4n) is 2.34. The van der Waals surface area contributed by atoms with Crippen LogP contribution in [0, 0.1) is 0 Å². The van der Waals surface area contributed by atoms with Crippen molar-refractivity contribution in [2.75, 3.05) is 32.7 Å². The lowest BCUT2D eigenvalue weighted by molar-refractivity contribution is -0.129. The summed E-state index contributed by atoms with van der Waals surface area (Å²) in [6.07, 6.45) is 4.77. The SMILES string of the molecule is O=C(CNC1CCCNC1)N1CCCC1. The number of amides is 1. The van der Waals surface area contributed by atoms with Crippen LogP contribution in [0.15, 0.2) is 0 Å². The molecule has 15 heavy (non-hydrogen) atoms. The summed E-state index contributed by atoms with van der Waals surface area (Å²) in [7, 11) is 0. The van der Waals surface area contributed by atoms with Crippen molar-refractivity contribution in [3.63, 3.8) is 0 Å². The summed E-state index contributed by atoms with van der Waals surface area (Å²) in [6, 6.07) is 0.491. The van der Waals surface area contributed by atoms with Crippen LogP contribution in [-0.2, 0) is 4.79 Å². The number of nitrogens with zero attached hydrogens (tertiary/aromatic N) is 1. The Morgan fingerprint density at radius 2 is 2.13 bits per heavy atom. The van der Waals surface area contributed by atoms with Gasteiger partial charge in [-0.2, -0.15) is 0 Å². The molecule has 2 saturated heterocycles. The van der Waals surface area contributed by atoms with Crippen molar-refractivity contribution in [3.8, 4) is 0 Å². The summed E-state index contributed by atoms with van der Waals surface area (Å²) < 4.78 is 0. The van der Waals surface area contributed by atoms with Crippen LogP contribution in [0.25, 0.3) is 0 Å². The van der Waals surface area contributed by atoms with Gasteiger partial charge in [0.15, 0.2) is 0 Å². The van der Waals surface area contributed by atoms with Gasteiger partial charge in [0.2, 0.25) is 5.91 Å². The van der Waals surface area contributed by atoms with E-state index in [0.717, 1.165) is 26.2 Å². The number of hydrogen-bond acceptors (Lipinski definition) is 3. The minimum Gasteiger partial charge on any atom is -0.342 e. The number of nitrogens with one attached hydrogen (secondary N) is 2. The Bertz CT molecular complexity index is 208. The summed E-state index contributed by atoms with van der Waals surface area (Å²) in [5.41, 5.74) is 0. The highest BCUT2D eigenvalue weighted by Gasteiger charge is 2.19. The molecule has 2 aliphatic heterocycles. The topological polar surface area (TPSA) is 44.4 Å². The van der Waals surface area contributed by atoms with Gasteiger partial charge in [-0.3, -0.25) is 4.79 Å². The largest absolute Gasteiger partial charge is 0.342 e. The maximum absolute atomic E-state index is 11.7. The van der Waals surface area contributed by atoms with E-state index in [4.69, 9.17) is 0 Å². The van der Waals surface area contributed by atoms with Crippen molar-refractivity contribution >= 4 is 5.91 Å². The third-order valence-corrected chi connectivity index (χ3v) is 3.30. The van der Waals surface area contributed by atoms with Gasteiger partial charge in [-0.1, -0.05) is 0 Å². The van der Waals surface area contributed by atoms with Crippen LogP contribution in [0.3, 0.4) is 0 Å². The van der Waals surface area contributed by atoms with Gasteiger partial charge in [-0.05, 0) is 32.2 Å². The lowest BCUT2D eigenvalue weighted by Gasteiger charge is -2.24. The molecule has 0 bridgehead atoms. The van der Waals surface area contributed by atoms with E-state index in [2.05, 4.69) is 10.6 Å². The minimum absolute atomic E-state index is 0.276. The van der Waals surface area contributed by atoms with Crippen molar-refractivity contribution < 1.29 is 4.79 Å². The second-order valence-electron chi connectivity index (χ2n) is 4.51. The van der Waals surface area contributed by atoms with Crippen molar-refractivity contribution in [2.45, 2.75) is 31.7 Å². The third-order valence-electron chi connectivity index (χ3n) is 3.30. The highest BCUT2D eigenvalue weighted by atomic mass is 16.2. The smallest absolute Gasteiger partial charge is 0.236 e. The zero-order valence-corrected chi connectivity index (χ0v) is 9.30. The van der Waals surface area contributed by atoms with Gasteiger partial charge in [0.05, 0.1) is 6.54 Å². The van der Waals surface area contributed by atoms with Gasteiger partial charge < -0.3 is 15.5 Å². The minimum atomic E-state index is 0.276. The first kappa shape index (κ1) is 10.9. The van der Waals surface area contributed by atoms with Crippen molar-refractivity contribution in [1.82, 2.24) is 15.5 Å². The van der Waals surface area contributed by atoms with Crippen LogP contribution in [-0.4, -0.2) is 49.6 Å². The quantitative estimate of drug-likeness (QED) is 0.688. The zero-order chi connectivity index (χ0) is 10.5. The molecule has 0 aromatic carbocycles. The summed E-state index contributed by atoms with van der Waals surface area (Å²) >= 11 is 0. The van der Waals surface area contributed by atoms with Gasteiger partial charge in [-0.25, -0.2) is 0 Å². The molecule has 2 N–H and O–H groups in total. The Labute approximate surface area is 91.4 Å². The first-order chi connectivity index (χ1) is 7.36. The van der Waals surface area contributed by atoms with E-state index >= 15 is 0 Å². The Morgan fingerprint density at radius 3 is 2.80 bits per heavy atom. The van der Waals surface area contributed by atoms with E-state index in [0.29, 0.717) is 12.6 Å². The summed E-state index contributed by atoms with van der Waals surface area (Å²) in [4.78, 5) is 13.7. The molecule has 2 fully saturated rings. The summed E-state index contributed by atoms with van der Waals surface area (Å²) in [5.74, 6) is 0.276. The van der Waals surface area contributed by atoms with Gasteiger partial charge in [0, 0.05) is 25.7 Å². The highest BCUT2D eigenvalue weighted by molar-refractivity contribution is 5.78. The Hall–Kier alpha value is -0.610. The molecule has 0 aromatic rings. The van der Waals surface area contributed by atoms with E-state index in [9.17, 15) is 4.79 Å². The van der Waals surface area contributed by atoms with Crippen LogP contribution in [0.1, 0.15) is 25.7 Å². The lowest BCUT2D eigenvalue weighted by Crippen LogP contribution is -2.47. The van der Waals surface area contributed by atoms with E-state index in [1.165, 1.54) is 25.7 Å². The molecule has 2 heterocycles. The first-order valence-electron chi connectivity index (χ1n) is 6.08. The molecule has 1 unspecified atom stereocenters. The van der Waals surface area contributed by atoms with Crippen molar-refractivity contribution in [3.05, 3.63) is 0 Å². The van der Waals surface area contributed by atoms with E-state index in [-0.39, 0.29) is 5.91 Å². The maximum Gasteiger partial charge on any atom is 0.236 e. The standard InChI is InChI=1S/C11H21N3O/c15-11(14-6-1-2-7-14)9-13-10-4-3-5-12-8-10/h10,12-13H,1-9H2. The molecule has 0 radical (unpaired) electrons. The maximum atomic E-state index is 11.7. The third kappa shape index (κ3) is 3.18. The van der Waals surface area contributed by atoms with Crippen molar-refractivity contribution in [2.24, 2.45) is 0 Å². The molecule has 4 heteroatoms. The monoisotopic (exact) mass is 211 g/mol. The molecule has 0 aromatic heterocycles. The molecular weight excluding hydrogens is 190 g/mol. The van der Waals surface area contributed by atoms with E-state index in [1.54, 1.807) is 0 Å². The Kier molecular flexibility index (Phi) is 3.97. The molecular formula is C11H21N3O. The highest BCUT2D eigenvalue weighted by Crippen LogP contribution is 2.07. The van der Waals surface area contributed by atoms with Gasteiger partial charge in [0.1, 0.15) is 0 Å². The fraction of sp³-hybridized carbons (Fsp3) is 0.909. The van der Waals surface area contributed by atoms with E-state index in [1.807, 2.05) is 4.90 Å². The molecule has 2 rings (SSSR count). The van der Waals surface area contributed by atoms with Crippen LogP contribution in [0.5, 0.6) is 0 Å². The predicted octanol–water partition coefficient (Wildman–Crippen LogP) is -0.0496. The van der Waals surface area contributed by atoms with Gasteiger partial charge in [-0.15, -0.1) is 0 Å². The Morgan fingerprint density at radius 1 is 1.33 bits per heavy atom. The zero-order valence-electron chi connectivity index (χ0n) is 9.30. The second kappa shape index (κ2) is 5.47. The fourth-order valence-corrected chi connectivity index (χ4v) is 2.34. The lowest BCUT2D eigenvalue weighted by atomic mass is 10.1. The molecule has 4 nitrogen and oxygen atoms in total. The van der Waals surface area contributed by atoms with Crippen LogP contribution in [0.2, 0.25) is 0 Å². The van der Waals surface area contributed by atoms with Crippen LogP contribution < -0.4 is 10.6 Å². The molecule has 1 amide bonds. The summed E-state index contributed by atoms with van der Waals surface area (Å²) in [6.45, 7) is 4.57. The van der Waals surface area contributed by atoms with Crippen LogP contribution in [0.4, 0.5) is 0 Å². The van der Waals surface area contributed by atoms with Gasteiger partial charge >= 0.3 is 0 Å². The second-order valence-corrected chi connectivity index (χ2v) is 4.51. The average Bonchev–Trinajstić information content (AvgIpc) is 2.81. The molecule has 0 spiro atoms. The molecule has 86 valence electrons. The molecule has 2 aliphatic rings. The van der Waals surface area contributed by atoms with Gasteiger partial charge in [0.25, 0.3) is 0 Å². The number of piperidine rings is 1. The molecule has 0 saturated carbocycles. The predicted molar refractivity (Wildman–Crippen MR) is 59.7 cm³/mol. The first-order valence-corrected chi connectivity index (χ1v) is 6.08. The number of carbonyl (C=O) groups excluding carboxylic acids is 1. The van der Waals surface area contributed by atoms with E-state index < -0.39 is 0 Å². The number of hydrogen-bond donors (Lipinski definition) is 2. The average molecular weight is 211 g/mol. The molecule has 1 atom stereocenters.